The van der Waals surface area contributed by atoms with Gasteiger partial charge in [-0.2, -0.15) is 0 Å². The summed E-state index contributed by atoms with van der Waals surface area (Å²) < 4.78 is 39.8. The second-order valence-electron chi connectivity index (χ2n) is 11.0. The SMILES string of the molecule is C=CCN1CC[C@]23c4c5ccc(O)c4O[C@H]2[C@@H](OCCOCCOCCOCCOCCOC)CC[C@@]3(O)[C@H]1C5. The first-order valence-electron chi connectivity index (χ1n) is 14.6. The number of methoxy groups -OCH3 is 1. The Morgan fingerprint density at radius 2 is 1.62 bits per heavy atom. The van der Waals surface area contributed by atoms with Crippen molar-refractivity contribution in [1.29, 1.82) is 0 Å². The number of likely N-dealkylation sites (tertiary alicyclic amines) is 1. The van der Waals surface area contributed by atoms with Gasteiger partial charge in [0.25, 0.3) is 0 Å². The average molecular weight is 564 g/mol. The molecule has 5 atom stereocenters. The van der Waals surface area contributed by atoms with Crippen molar-refractivity contribution >= 4 is 0 Å². The van der Waals surface area contributed by atoms with Gasteiger partial charge in [0.2, 0.25) is 0 Å². The van der Waals surface area contributed by atoms with Crippen LogP contribution in [0, 0.1) is 0 Å². The van der Waals surface area contributed by atoms with Gasteiger partial charge in [-0.05, 0) is 43.9 Å². The van der Waals surface area contributed by atoms with Crippen LogP contribution in [0.4, 0.5) is 0 Å². The second-order valence-corrected chi connectivity index (χ2v) is 11.0. The summed E-state index contributed by atoms with van der Waals surface area (Å²) in [5.74, 6) is 0.669. The minimum atomic E-state index is -0.945. The number of aliphatic hydroxyl groups is 1. The lowest BCUT2D eigenvalue weighted by Crippen LogP contribution is -2.77. The summed E-state index contributed by atoms with van der Waals surface area (Å²) in [6.07, 6.45) is 4.17. The van der Waals surface area contributed by atoms with Gasteiger partial charge in [0, 0.05) is 25.3 Å². The fourth-order valence-corrected chi connectivity index (χ4v) is 7.30. The van der Waals surface area contributed by atoms with Crippen molar-refractivity contribution in [3.8, 4) is 11.5 Å². The van der Waals surface area contributed by atoms with Crippen molar-refractivity contribution in [2.24, 2.45) is 0 Å². The fraction of sp³-hybridized carbons (Fsp3) is 0.733. The van der Waals surface area contributed by atoms with Crippen molar-refractivity contribution in [2.45, 2.75) is 54.9 Å². The summed E-state index contributed by atoms with van der Waals surface area (Å²) in [7, 11) is 1.65. The third-order valence-corrected chi connectivity index (χ3v) is 8.99. The van der Waals surface area contributed by atoms with Crippen LogP contribution in [-0.4, -0.2) is 125 Å². The lowest BCUT2D eigenvalue weighted by atomic mass is 9.48. The van der Waals surface area contributed by atoms with Crippen molar-refractivity contribution in [3.63, 3.8) is 0 Å². The number of rotatable bonds is 18. The Hall–Kier alpha value is -1.76. The van der Waals surface area contributed by atoms with Crippen molar-refractivity contribution in [1.82, 2.24) is 4.90 Å². The number of benzene rings is 1. The molecule has 224 valence electrons. The Bertz CT molecular complexity index is 992. The first-order chi connectivity index (χ1) is 19.6. The monoisotopic (exact) mass is 563 g/mol. The Balaban J connectivity index is 1.08. The van der Waals surface area contributed by atoms with Gasteiger partial charge in [-0.3, -0.25) is 4.90 Å². The fourth-order valence-electron chi connectivity index (χ4n) is 7.30. The summed E-state index contributed by atoms with van der Waals surface area (Å²) in [4.78, 5) is 2.35. The average Bonchev–Trinajstić information content (AvgIpc) is 3.31. The molecule has 5 rings (SSSR count). The van der Waals surface area contributed by atoms with Crippen LogP contribution in [0.15, 0.2) is 24.8 Å². The minimum Gasteiger partial charge on any atom is -0.504 e. The molecular weight excluding hydrogens is 518 g/mol. The number of piperidine rings is 1. The lowest BCUT2D eigenvalue weighted by Gasteiger charge is -2.64. The van der Waals surface area contributed by atoms with E-state index in [0.717, 1.165) is 37.1 Å². The lowest BCUT2D eigenvalue weighted by molar-refractivity contribution is -0.215. The van der Waals surface area contributed by atoms with Gasteiger partial charge < -0.3 is 43.4 Å². The molecule has 2 heterocycles. The third-order valence-electron chi connectivity index (χ3n) is 8.99. The Kier molecular flexibility index (Phi) is 10.0. The Morgan fingerprint density at radius 1 is 0.975 bits per heavy atom. The van der Waals surface area contributed by atoms with E-state index in [1.54, 1.807) is 13.2 Å². The predicted molar refractivity (Wildman–Crippen MR) is 147 cm³/mol. The molecule has 0 radical (unpaired) electrons. The molecule has 1 aromatic carbocycles. The van der Waals surface area contributed by atoms with Crippen LogP contribution in [0.3, 0.4) is 0 Å². The summed E-state index contributed by atoms with van der Waals surface area (Å²) in [6.45, 7) is 10.6. The van der Waals surface area contributed by atoms with Crippen LogP contribution < -0.4 is 4.74 Å². The van der Waals surface area contributed by atoms with Crippen LogP contribution in [-0.2, 0) is 40.3 Å². The Labute approximate surface area is 237 Å². The molecule has 10 heteroatoms. The first kappa shape index (κ1) is 29.7. The number of phenols is 1. The largest absolute Gasteiger partial charge is 0.504 e. The van der Waals surface area contributed by atoms with Crippen LogP contribution in [0.5, 0.6) is 11.5 Å². The smallest absolute Gasteiger partial charge is 0.165 e. The molecule has 1 saturated carbocycles. The van der Waals surface area contributed by atoms with E-state index in [1.807, 2.05) is 12.1 Å². The summed E-state index contributed by atoms with van der Waals surface area (Å²) >= 11 is 0. The summed E-state index contributed by atoms with van der Waals surface area (Å²) in [6, 6.07) is 3.70. The molecule has 2 aliphatic heterocycles. The van der Waals surface area contributed by atoms with Crippen molar-refractivity contribution < 1.29 is 43.4 Å². The van der Waals surface area contributed by atoms with Gasteiger partial charge in [-0.15, -0.1) is 6.58 Å². The number of hydrogen-bond donors (Lipinski definition) is 2. The number of hydrogen-bond acceptors (Lipinski definition) is 10. The van der Waals surface area contributed by atoms with Gasteiger partial charge in [0.05, 0.1) is 83.2 Å². The molecule has 4 aliphatic rings. The number of phenolic OH excluding ortho intramolecular Hbond substituents is 1. The standard InChI is InChI=1S/C30H45NO9/c1-3-9-31-10-8-29-26-22-4-5-23(32)27(26)40-28(29)24(6-7-30(29,33)25(31)21-22)39-20-19-38-18-17-37-16-15-36-14-13-35-12-11-34-2/h3-5,24-25,28,32-33H,1,6-21H2,2H3/t24-,25+,28-,29-,30+/m0/s1. The van der Waals surface area contributed by atoms with Gasteiger partial charge in [-0.25, -0.2) is 0 Å². The van der Waals surface area contributed by atoms with E-state index in [2.05, 4.69) is 11.5 Å². The molecule has 2 bridgehead atoms. The van der Waals surface area contributed by atoms with Gasteiger partial charge in [0.1, 0.15) is 6.10 Å². The number of ether oxygens (including phenoxy) is 7. The topological polar surface area (TPSA) is 108 Å². The molecule has 0 unspecified atom stereocenters. The molecule has 2 aliphatic carbocycles. The van der Waals surface area contributed by atoms with Crippen LogP contribution >= 0.6 is 0 Å². The van der Waals surface area contributed by atoms with Crippen LogP contribution in [0.25, 0.3) is 0 Å². The highest BCUT2D eigenvalue weighted by molar-refractivity contribution is 5.62. The highest BCUT2D eigenvalue weighted by Gasteiger charge is 2.73. The number of nitrogens with zero attached hydrogens (tertiary/aromatic N) is 1. The molecule has 1 spiro atoms. The second kappa shape index (κ2) is 13.5. The van der Waals surface area contributed by atoms with E-state index >= 15 is 0 Å². The normalized spacial score (nSPS) is 30.2. The number of aromatic hydroxyl groups is 1. The van der Waals surface area contributed by atoms with E-state index < -0.39 is 11.0 Å². The third kappa shape index (κ3) is 5.53. The molecule has 0 aromatic heterocycles. The minimum absolute atomic E-state index is 0.0164. The van der Waals surface area contributed by atoms with E-state index in [4.69, 9.17) is 33.2 Å². The maximum atomic E-state index is 12.4. The zero-order chi connectivity index (χ0) is 28.0. The maximum Gasteiger partial charge on any atom is 0.165 e. The molecule has 2 fully saturated rings. The van der Waals surface area contributed by atoms with E-state index in [0.29, 0.717) is 84.7 Å². The molecule has 2 N–H and O–H groups in total. The highest BCUT2D eigenvalue weighted by atomic mass is 16.6. The van der Waals surface area contributed by atoms with Crippen LogP contribution in [0.2, 0.25) is 0 Å². The quantitative estimate of drug-likeness (QED) is 0.203. The summed E-state index contributed by atoms with van der Waals surface area (Å²) in [5, 5.41) is 23.1. The molecule has 0 amide bonds. The molecular formula is C30H45NO9. The zero-order valence-corrected chi connectivity index (χ0v) is 23.7. The van der Waals surface area contributed by atoms with Gasteiger partial charge >= 0.3 is 0 Å². The first-order valence-corrected chi connectivity index (χ1v) is 14.6. The summed E-state index contributed by atoms with van der Waals surface area (Å²) in [5.41, 5.74) is 0.619. The predicted octanol–water partition coefficient (Wildman–Crippen LogP) is 1.83. The molecule has 1 aromatic rings. The molecule has 10 nitrogen and oxygen atoms in total. The van der Waals surface area contributed by atoms with Crippen LogP contribution in [0.1, 0.15) is 30.4 Å². The van der Waals surface area contributed by atoms with Crippen molar-refractivity contribution in [2.75, 3.05) is 86.3 Å². The van der Waals surface area contributed by atoms with Gasteiger partial charge in [-0.1, -0.05) is 12.1 Å². The van der Waals surface area contributed by atoms with Gasteiger partial charge in [0.15, 0.2) is 11.5 Å². The van der Waals surface area contributed by atoms with Crippen molar-refractivity contribution in [3.05, 3.63) is 35.9 Å². The molecule has 1 saturated heterocycles. The Morgan fingerprint density at radius 3 is 2.27 bits per heavy atom. The van der Waals surface area contributed by atoms with E-state index in [-0.39, 0.29) is 24.0 Å². The highest BCUT2D eigenvalue weighted by Crippen LogP contribution is 2.65. The zero-order valence-electron chi connectivity index (χ0n) is 23.7. The molecule has 40 heavy (non-hydrogen) atoms. The van der Waals surface area contributed by atoms with E-state index in [1.165, 1.54) is 0 Å². The van der Waals surface area contributed by atoms with E-state index in [9.17, 15) is 10.2 Å². The maximum absolute atomic E-state index is 12.4.